The molecule has 3 amide bonds. The molecular formula is C34H63N5O6S. The van der Waals surface area contributed by atoms with Gasteiger partial charge in [-0.25, -0.2) is 13.4 Å². The Bertz CT molecular complexity index is 1060. The summed E-state index contributed by atoms with van der Waals surface area (Å²) >= 11 is 0. The quantitative estimate of drug-likeness (QED) is 0.162. The number of amides is 3. The molecule has 3 aliphatic rings. The summed E-state index contributed by atoms with van der Waals surface area (Å²) in [5, 5.41) is 16.2. The normalized spacial score (nSPS) is 24.8. The van der Waals surface area contributed by atoms with Crippen LogP contribution in [0.25, 0.3) is 0 Å². The summed E-state index contributed by atoms with van der Waals surface area (Å²) in [4.78, 5) is 44.3. The van der Waals surface area contributed by atoms with E-state index in [9.17, 15) is 27.9 Å². The second kappa shape index (κ2) is 19.3. The van der Waals surface area contributed by atoms with Crippen LogP contribution in [0.1, 0.15) is 124 Å². The van der Waals surface area contributed by atoms with E-state index in [1.165, 1.54) is 11.4 Å². The highest BCUT2D eigenvalue weighted by Gasteiger charge is 2.41. The molecule has 5 N–H and O–H groups in total. The monoisotopic (exact) mass is 669 g/mol. The average molecular weight is 670 g/mol. The first-order chi connectivity index (χ1) is 22.0. The van der Waals surface area contributed by atoms with E-state index in [2.05, 4.69) is 10.1 Å². The molecule has 0 saturated heterocycles. The van der Waals surface area contributed by atoms with Crippen molar-refractivity contribution in [3.05, 3.63) is 0 Å². The number of likely N-dealkylation sites (N-methyl/N-ethyl adjacent to an activating group) is 1. The number of nitrogens with one attached hydrogen (secondary N) is 2. The van der Waals surface area contributed by atoms with Crippen molar-refractivity contribution in [2.24, 2.45) is 35.3 Å². The molecule has 3 saturated carbocycles. The zero-order chi connectivity index (χ0) is 33.7. The molecule has 11 nitrogen and oxygen atoms in total. The van der Waals surface area contributed by atoms with Gasteiger partial charge in [-0.2, -0.15) is 0 Å². The van der Waals surface area contributed by atoms with Gasteiger partial charge in [-0.15, -0.1) is 4.83 Å². The highest BCUT2D eigenvalue weighted by atomic mass is 32.2. The van der Waals surface area contributed by atoms with Crippen molar-refractivity contribution in [3.8, 4) is 0 Å². The van der Waals surface area contributed by atoms with E-state index in [-0.39, 0.29) is 36.5 Å². The third-order valence-corrected chi connectivity index (χ3v) is 11.9. The molecule has 0 heterocycles. The first kappa shape index (κ1) is 38.7. The van der Waals surface area contributed by atoms with Crippen LogP contribution in [0.4, 0.5) is 0 Å². The molecule has 3 rings (SSSR count). The predicted molar refractivity (Wildman–Crippen MR) is 181 cm³/mol. The van der Waals surface area contributed by atoms with Crippen LogP contribution in [0.3, 0.4) is 0 Å². The molecule has 0 aromatic rings. The van der Waals surface area contributed by atoms with Gasteiger partial charge >= 0.3 is 0 Å². The molecule has 5 atom stereocenters. The lowest BCUT2D eigenvalue weighted by Crippen LogP contribution is -2.55. The molecule has 0 spiro atoms. The summed E-state index contributed by atoms with van der Waals surface area (Å²) in [7, 11) is -3.58. The number of aliphatic hydroxyl groups is 1. The predicted octanol–water partition coefficient (Wildman–Crippen LogP) is 3.71. The molecule has 46 heavy (non-hydrogen) atoms. The average Bonchev–Trinajstić information content (AvgIpc) is 3.03. The molecule has 0 radical (unpaired) electrons. The lowest BCUT2D eigenvalue weighted by Gasteiger charge is -2.37. The Kier molecular flexibility index (Phi) is 16.2. The zero-order valence-corrected chi connectivity index (χ0v) is 29.6. The van der Waals surface area contributed by atoms with E-state index >= 15 is 0 Å². The standard InChI is InChI=1S/C34H63N5O6S/c1-4-17-38(18-5-2)34(43)29-21-27(32(35)41)20-28(22-29)33(42)36-30(19-25-13-9-7-10-14-25)31(40)23-39(6-3)37-46(44,45)24-26-15-11-8-12-16-26/h25-31,37,40H,4-24H2,1-3H3,(H2,35,41)(H,36,42). The van der Waals surface area contributed by atoms with Gasteiger partial charge in [0.25, 0.3) is 0 Å². The number of hydrogen-bond donors (Lipinski definition) is 4. The second-order valence-corrected chi connectivity index (χ2v) is 16.1. The van der Waals surface area contributed by atoms with Gasteiger partial charge in [-0.05, 0) is 63.2 Å². The number of nitrogens with two attached hydrogens (primary N) is 1. The first-order valence-electron chi connectivity index (χ1n) is 18.3. The van der Waals surface area contributed by atoms with Crippen molar-refractivity contribution in [2.45, 2.75) is 136 Å². The number of carbonyl (C=O) groups is 3. The maximum Gasteiger partial charge on any atom is 0.225 e. The van der Waals surface area contributed by atoms with Gasteiger partial charge < -0.3 is 21.1 Å². The lowest BCUT2D eigenvalue weighted by atomic mass is 9.73. The summed E-state index contributed by atoms with van der Waals surface area (Å²) in [5.41, 5.74) is 5.74. The number of carbonyl (C=O) groups excluding carboxylic acids is 3. The molecule has 3 aliphatic carbocycles. The van der Waals surface area contributed by atoms with Gasteiger partial charge in [0.2, 0.25) is 27.7 Å². The Balaban J connectivity index is 1.72. The Labute approximate surface area is 278 Å². The Morgan fingerprint density at radius 3 is 1.91 bits per heavy atom. The minimum Gasteiger partial charge on any atom is -0.390 e. The van der Waals surface area contributed by atoms with Crippen molar-refractivity contribution >= 4 is 27.7 Å². The smallest absolute Gasteiger partial charge is 0.225 e. The van der Waals surface area contributed by atoms with Gasteiger partial charge in [0.1, 0.15) is 0 Å². The molecule has 266 valence electrons. The fraction of sp³-hybridized carbons (Fsp3) is 0.912. The summed E-state index contributed by atoms with van der Waals surface area (Å²) in [6.07, 6.45) is 12.8. The van der Waals surface area contributed by atoms with Gasteiger partial charge in [0.05, 0.1) is 17.9 Å². The van der Waals surface area contributed by atoms with Crippen LogP contribution in [0.2, 0.25) is 0 Å². The van der Waals surface area contributed by atoms with Crippen LogP contribution < -0.4 is 15.9 Å². The molecule has 0 aliphatic heterocycles. The zero-order valence-electron chi connectivity index (χ0n) is 28.8. The van der Waals surface area contributed by atoms with E-state index in [4.69, 9.17) is 5.73 Å². The molecule has 12 heteroatoms. The number of aliphatic hydroxyl groups excluding tert-OH is 1. The number of nitrogens with zero attached hydrogens (tertiary/aromatic N) is 2. The van der Waals surface area contributed by atoms with Crippen molar-refractivity contribution in [1.29, 1.82) is 0 Å². The van der Waals surface area contributed by atoms with Crippen LogP contribution in [0, 0.1) is 29.6 Å². The maximum atomic E-state index is 13.9. The van der Waals surface area contributed by atoms with Crippen molar-refractivity contribution < 1.29 is 27.9 Å². The molecule has 0 aromatic carbocycles. The molecular weight excluding hydrogens is 606 g/mol. The topological polar surface area (TPSA) is 162 Å². The van der Waals surface area contributed by atoms with Crippen LogP contribution in [-0.2, 0) is 24.4 Å². The van der Waals surface area contributed by atoms with Crippen LogP contribution >= 0.6 is 0 Å². The van der Waals surface area contributed by atoms with Crippen LogP contribution in [0.15, 0.2) is 0 Å². The van der Waals surface area contributed by atoms with Crippen molar-refractivity contribution in [1.82, 2.24) is 20.1 Å². The summed E-state index contributed by atoms with van der Waals surface area (Å²) in [5.74, 6) is -1.82. The largest absolute Gasteiger partial charge is 0.390 e. The Hall–Kier alpha value is -1.76. The van der Waals surface area contributed by atoms with Gasteiger partial charge in [-0.3, -0.25) is 14.4 Å². The van der Waals surface area contributed by atoms with Crippen molar-refractivity contribution in [3.63, 3.8) is 0 Å². The van der Waals surface area contributed by atoms with E-state index in [0.29, 0.717) is 44.8 Å². The summed E-state index contributed by atoms with van der Waals surface area (Å²) in [6.45, 7) is 7.57. The number of primary amides is 1. The minimum absolute atomic E-state index is 0.0228. The van der Waals surface area contributed by atoms with Crippen LogP contribution in [0.5, 0.6) is 0 Å². The van der Waals surface area contributed by atoms with E-state index in [0.717, 1.165) is 70.6 Å². The van der Waals surface area contributed by atoms with Crippen molar-refractivity contribution in [2.75, 3.05) is 31.9 Å². The third kappa shape index (κ3) is 12.4. The number of hydrazine groups is 1. The SMILES string of the molecule is CCCN(CCC)C(=O)C1CC(C(N)=O)CC(C(=O)NC(CC2CCCCC2)C(O)CN(CC)NS(=O)(=O)CC2CCCCC2)C1. The van der Waals surface area contributed by atoms with Gasteiger partial charge in [0.15, 0.2) is 0 Å². The third-order valence-electron chi connectivity index (χ3n) is 10.5. The number of rotatable bonds is 18. The Morgan fingerprint density at radius 1 is 0.826 bits per heavy atom. The highest BCUT2D eigenvalue weighted by Crippen LogP contribution is 2.36. The highest BCUT2D eigenvalue weighted by molar-refractivity contribution is 7.89. The fourth-order valence-corrected chi connectivity index (χ4v) is 9.60. The van der Waals surface area contributed by atoms with Crippen LogP contribution in [-0.4, -0.2) is 85.2 Å². The van der Waals surface area contributed by atoms with Gasteiger partial charge in [0, 0.05) is 43.9 Å². The lowest BCUT2D eigenvalue weighted by molar-refractivity contribution is -0.141. The van der Waals surface area contributed by atoms with E-state index in [1.807, 2.05) is 25.7 Å². The van der Waals surface area contributed by atoms with E-state index in [1.54, 1.807) is 0 Å². The molecule has 5 unspecified atom stereocenters. The molecule has 0 bridgehead atoms. The van der Waals surface area contributed by atoms with E-state index < -0.39 is 45.8 Å². The first-order valence-corrected chi connectivity index (χ1v) is 19.9. The summed E-state index contributed by atoms with van der Waals surface area (Å²) < 4.78 is 26.1. The number of sulfonamides is 1. The number of hydrogen-bond acceptors (Lipinski definition) is 7. The maximum absolute atomic E-state index is 13.9. The molecule has 3 fully saturated rings. The minimum atomic E-state index is -3.58. The Morgan fingerprint density at radius 2 is 1.37 bits per heavy atom. The summed E-state index contributed by atoms with van der Waals surface area (Å²) in [6, 6.07) is -0.590. The van der Waals surface area contributed by atoms with Gasteiger partial charge in [-0.1, -0.05) is 72.1 Å². The molecule has 0 aromatic heterocycles. The fourth-order valence-electron chi connectivity index (χ4n) is 7.97. The second-order valence-electron chi connectivity index (χ2n) is 14.4.